The summed E-state index contributed by atoms with van der Waals surface area (Å²) in [6.07, 6.45) is 0.865. The summed E-state index contributed by atoms with van der Waals surface area (Å²) in [6, 6.07) is 5.25. The minimum absolute atomic E-state index is 0.130. The third-order valence-corrected chi connectivity index (χ3v) is 4.49. The van der Waals surface area contributed by atoms with Crippen molar-refractivity contribution in [2.75, 3.05) is 13.6 Å². The zero-order valence-corrected chi connectivity index (χ0v) is 12.6. The van der Waals surface area contributed by atoms with E-state index in [2.05, 4.69) is 42.0 Å². The van der Waals surface area contributed by atoms with E-state index in [0.29, 0.717) is 10.4 Å². The van der Waals surface area contributed by atoms with Crippen LogP contribution < -0.4 is 5.32 Å². The van der Waals surface area contributed by atoms with Gasteiger partial charge in [0.25, 0.3) is 0 Å². The molecule has 1 unspecified atom stereocenters. The Morgan fingerprint density at radius 1 is 1.41 bits per heavy atom. The van der Waals surface area contributed by atoms with Gasteiger partial charge in [0.15, 0.2) is 0 Å². The minimum Gasteiger partial charge on any atom is -0.319 e. The van der Waals surface area contributed by atoms with Gasteiger partial charge in [-0.15, -0.1) is 0 Å². The molecule has 0 spiro atoms. The Bertz CT molecular complexity index is 378. The molecule has 0 aromatic heterocycles. The molecule has 0 aliphatic rings. The van der Waals surface area contributed by atoms with E-state index in [1.54, 1.807) is 6.07 Å². The van der Waals surface area contributed by atoms with Crippen LogP contribution >= 0.6 is 15.9 Å². The molecule has 0 saturated heterocycles. The Morgan fingerprint density at radius 2 is 2.06 bits per heavy atom. The Labute approximate surface area is 112 Å². The SMILES string of the molecule is CNCC(C)(Cc1cccc(F)c1Br)C(C)C. The van der Waals surface area contributed by atoms with Crippen LogP contribution in [0.25, 0.3) is 0 Å². The van der Waals surface area contributed by atoms with Gasteiger partial charge in [0.05, 0.1) is 4.47 Å². The predicted octanol–water partition coefficient (Wildman–Crippen LogP) is 4.01. The molecule has 0 bridgehead atoms. The molecule has 0 radical (unpaired) electrons. The molecule has 1 rings (SSSR count). The standard InChI is InChI=1S/C14H21BrFN/c1-10(2)14(3,9-17-4)8-11-6-5-7-12(16)13(11)15/h5-7,10,17H,8-9H2,1-4H3. The fourth-order valence-corrected chi connectivity index (χ4v) is 2.40. The lowest BCUT2D eigenvalue weighted by atomic mass is 9.74. The van der Waals surface area contributed by atoms with Crippen LogP contribution in [0.3, 0.4) is 0 Å². The second-order valence-corrected chi connectivity index (χ2v) is 6.02. The normalized spacial score (nSPS) is 15.0. The van der Waals surface area contributed by atoms with Crippen molar-refractivity contribution in [3.8, 4) is 0 Å². The van der Waals surface area contributed by atoms with Crippen molar-refractivity contribution in [1.29, 1.82) is 0 Å². The molecule has 0 saturated carbocycles. The average Bonchev–Trinajstić information content (AvgIpc) is 2.25. The minimum atomic E-state index is -0.182. The summed E-state index contributed by atoms with van der Waals surface area (Å²) in [4.78, 5) is 0. The number of nitrogens with one attached hydrogen (secondary N) is 1. The summed E-state index contributed by atoms with van der Waals surface area (Å²) in [5.74, 6) is 0.350. The quantitative estimate of drug-likeness (QED) is 0.866. The topological polar surface area (TPSA) is 12.0 Å². The van der Waals surface area contributed by atoms with Crippen LogP contribution in [0, 0.1) is 17.2 Å². The first-order valence-electron chi connectivity index (χ1n) is 5.98. The highest BCUT2D eigenvalue weighted by Crippen LogP contribution is 2.33. The van der Waals surface area contributed by atoms with Crippen molar-refractivity contribution in [1.82, 2.24) is 5.32 Å². The summed E-state index contributed by atoms with van der Waals surface area (Å²) < 4.78 is 14.1. The fraction of sp³-hybridized carbons (Fsp3) is 0.571. The van der Waals surface area contributed by atoms with Crippen LogP contribution in [0.1, 0.15) is 26.3 Å². The van der Waals surface area contributed by atoms with Gasteiger partial charge in [-0.3, -0.25) is 0 Å². The molecule has 3 heteroatoms. The van der Waals surface area contributed by atoms with E-state index < -0.39 is 0 Å². The van der Waals surface area contributed by atoms with Gasteiger partial charge in [0, 0.05) is 6.54 Å². The van der Waals surface area contributed by atoms with Crippen LogP contribution in [-0.4, -0.2) is 13.6 Å². The molecule has 1 atom stereocenters. The van der Waals surface area contributed by atoms with Crippen LogP contribution in [0.4, 0.5) is 4.39 Å². The lowest BCUT2D eigenvalue weighted by Crippen LogP contribution is -2.36. The number of hydrogen-bond donors (Lipinski definition) is 1. The molecular formula is C14H21BrFN. The summed E-state index contributed by atoms with van der Waals surface area (Å²) in [6.45, 7) is 7.59. The van der Waals surface area contributed by atoms with Crippen molar-refractivity contribution >= 4 is 15.9 Å². The number of benzene rings is 1. The highest BCUT2D eigenvalue weighted by Gasteiger charge is 2.28. The molecule has 1 N–H and O–H groups in total. The smallest absolute Gasteiger partial charge is 0.137 e. The van der Waals surface area contributed by atoms with Crippen LogP contribution in [-0.2, 0) is 6.42 Å². The van der Waals surface area contributed by atoms with Crippen molar-refractivity contribution in [2.24, 2.45) is 11.3 Å². The van der Waals surface area contributed by atoms with E-state index in [9.17, 15) is 4.39 Å². The average molecular weight is 302 g/mol. The first kappa shape index (κ1) is 14.7. The molecule has 0 aliphatic heterocycles. The van der Waals surface area contributed by atoms with Gasteiger partial charge in [-0.05, 0) is 52.4 Å². The van der Waals surface area contributed by atoms with Gasteiger partial charge in [-0.1, -0.05) is 32.9 Å². The molecule has 0 heterocycles. The van der Waals surface area contributed by atoms with Gasteiger partial charge in [-0.25, -0.2) is 4.39 Å². The predicted molar refractivity (Wildman–Crippen MR) is 74.7 cm³/mol. The lowest BCUT2D eigenvalue weighted by Gasteiger charge is -2.34. The van der Waals surface area contributed by atoms with Crippen molar-refractivity contribution in [3.05, 3.63) is 34.1 Å². The van der Waals surface area contributed by atoms with E-state index in [0.717, 1.165) is 18.5 Å². The number of hydrogen-bond acceptors (Lipinski definition) is 1. The number of halogens is 2. The highest BCUT2D eigenvalue weighted by atomic mass is 79.9. The van der Waals surface area contributed by atoms with Crippen molar-refractivity contribution in [2.45, 2.75) is 27.2 Å². The van der Waals surface area contributed by atoms with E-state index >= 15 is 0 Å². The third kappa shape index (κ3) is 3.52. The summed E-state index contributed by atoms with van der Waals surface area (Å²) >= 11 is 3.34. The van der Waals surface area contributed by atoms with Crippen LogP contribution in [0.2, 0.25) is 0 Å². The maximum atomic E-state index is 13.5. The van der Waals surface area contributed by atoms with Gasteiger partial charge in [0.1, 0.15) is 5.82 Å². The monoisotopic (exact) mass is 301 g/mol. The molecular weight excluding hydrogens is 281 g/mol. The molecule has 17 heavy (non-hydrogen) atoms. The Hall–Kier alpha value is -0.410. The maximum Gasteiger partial charge on any atom is 0.137 e. The van der Waals surface area contributed by atoms with Crippen LogP contribution in [0.15, 0.2) is 22.7 Å². The molecule has 1 nitrogen and oxygen atoms in total. The summed E-state index contributed by atoms with van der Waals surface area (Å²) in [5, 5.41) is 3.23. The summed E-state index contributed by atoms with van der Waals surface area (Å²) in [5.41, 5.74) is 1.17. The van der Waals surface area contributed by atoms with Gasteiger partial charge in [0.2, 0.25) is 0 Å². The molecule has 96 valence electrons. The Morgan fingerprint density at radius 3 is 2.59 bits per heavy atom. The molecule has 0 fully saturated rings. The molecule has 0 amide bonds. The van der Waals surface area contributed by atoms with Crippen molar-refractivity contribution in [3.63, 3.8) is 0 Å². The maximum absolute atomic E-state index is 13.5. The van der Waals surface area contributed by atoms with Gasteiger partial charge < -0.3 is 5.32 Å². The third-order valence-electron chi connectivity index (χ3n) is 3.60. The van der Waals surface area contributed by atoms with E-state index in [1.807, 2.05) is 13.1 Å². The first-order valence-corrected chi connectivity index (χ1v) is 6.77. The second-order valence-electron chi connectivity index (χ2n) is 5.23. The zero-order chi connectivity index (χ0) is 13.1. The van der Waals surface area contributed by atoms with Gasteiger partial charge >= 0.3 is 0 Å². The molecule has 1 aromatic rings. The fourth-order valence-electron chi connectivity index (χ4n) is 1.99. The number of rotatable bonds is 5. The Kier molecular flexibility index (Phi) is 5.14. The van der Waals surface area contributed by atoms with E-state index in [4.69, 9.17) is 0 Å². The Balaban J connectivity index is 2.98. The van der Waals surface area contributed by atoms with Crippen molar-refractivity contribution < 1.29 is 4.39 Å². The van der Waals surface area contributed by atoms with E-state index in [-0.39, 0.29) is 11.2 Å². The van der Waals surface area contributed by atoms with E-state index in [1.165, 1.54) is 6.07 Å². The van der Waals surface area contributed by atoms with Crippen LogP contribution in [0.5, 0.6) is 0 Å². The highest BCUT2D eigenvalue weighted by molar-refractivity contribution is 9.10. The second kappa shape index (κ2) is 5.96. The molecule has 1 aromatic carbocycles. The van der Waals surface area contributed by atoms with Gasteiger partial charge in [-0.2, -0.15) is 0 Å². The lowest BCUT2D eigenvalue weighted by molar-refractivity contribution is 0.212. The zero-order valence-electron chi connectivity index (χ0n) is 11.0. The largest absolute Gasteiger partial charge is 0.319 e. The summed E-state index contributed by atoms with van der Waals surface area (Å²) in [7, 11) is 1.96. The molecule has 0 aliphatic carbocycles. The first-order chi connectivity index (χ1) is 7.90.